The molecule has 5 atom stereocenters. The molecule has 0 aromatic carbocycles. The molecule has 9 heteroatoms. The van der Waals surface area contributed by atoms with E-state index in [0.29, 0.717) is 25.1 Å². The van der Waals surface area contributed by atoms with Gasteiger partial charge in [0.05, 0.1) is 6.04 Å². The number of carbonyl (C=O) groups is 3. The molecule has 0 heterocycles. The first kappa shape index (κ1) is 27.7. The van der Waals surface area contributed by atoms with Crippen molar-refractivity contribution >= 4 is 30.4 Å². The van der Waals surface area contributed by atoms with Crippen LogP contribution in [0.4, 0.5) is 0 Å². The third-order valence-corrected chi connectivity index (χ3v) is 5.37. The first-order chi connectivity index (χ1) is 13.4. The van der Waals surface area contributed by atoms with Crippen molar-refractivity contribution in [3.63, 3.8) is 0 Å². The third-order valence-electron chi connectivity index (χ3n) is 4.90. The van der Waals surface area contributed by atoms with Gasteiger partial charge in [-0.15, -0.1) is 0 Å². The second kappa shape index (κ2) is 13.8. The van der Waals surface area contributed by atoms with E-state index in [-0.39, 0.29) is 29.7 Å². The highest BCUT2D eigenvalue weighted by Crippen LogP contribution is 2.12. The summed E-state index contributed by atoms with van der Waals surface area (Å²) in [4.78, 5) is 37.2. The van der Waals surface area contributed by atoms with Crippen molar-refractivity contribution in [2.45, 2.75) is 78.6 Å². The van der Waals surface area contributed by atoms with Crippen LogP contribution >= 0.6 is 12.6 Å². The molecule has 0 aromatic heterocycles. The first-order valence-electron chi connectivity index (χ1n) is 10.4. The molecule has 0 radical (unpaired) electrons. The van der Waals surface area contributed by atoms with Gasteiger partial charge in [0, 0.05) is 18.3 Å². The highest BCUT2D eigenvalue weighted by molar-refractivity contribution is 7.80. The third kappa shape index (κ3) is 10.3. The second-order valence-electron chi connectivity index (χ2n) is 8.47. The average Bonchev–Trinajstić information content (AvgIpc) is 2.63. The predicted molar refractivity (Wildman–Crippen MR) is 119 cm³/mol. The molecule has 170 valence electrons. The molecule has 0 rings (SSSR count). The number of nitrogens with one attached hydrogen (secondary N) is 3. The molecule has 0 saturated heterocycles. The van der Waals surface area contributed by atoms with Crippen molar-refractivity contribution in [3.8, 4) is 0 Å². The molecule has 2 amide bonds. The number of carboxylic acids is 1. The van der Waals surface area contributed by atoms with Gasteiger partial charge < -0.3 is 26.8 Å². The van der Waals surface area contributed by atoms with E-state index in [2.05, 4.69) is 28.6 Å². The Hall–Kier alpha value is -1.32. The van der Waals surface area contributed by atoms with E-state index in [1.54, 1.807) is 0 Å². The molecule has 0 aliphatic carbocycles. The summed E-state index contributed by atoms with van der Waals surface area (Å²) in [6.07, 6.45) is 0.977. The summed E-state index contributed by atoms with van der Waals surface area (Å²) in [5, 5.41) is 18.0. The summed E-state index contributed by atoms with van der Waals surface area (Å²) >= 11 is 4.15. The quantitative estimate of drug-likeness (QED) is 0.227. The lowest BCUT2D eigenvalue weighted by Crippen LogP contribution is -2.59. The average molecular weight is 433 g/mol. The number of carbonyl (C=O) groups excluding carboxylic acids is 2. The van der Waals surface area contributed by atoms with Crippen molar-refractivity contribution in [2.75, 3.05) is 12.3 Å². The lowest BCUT2D eigenvalue weighted by Gasteiger charge is -2.29. The van der Waals surface area contributed by atoms with Crippen LogP contribution in [0.3, 0.4) is 0 Å². The Bertz CT molecular complexity index is 531. The summed E-state index contributed by atoms with van der Waals surface area (Å²) in [6, 6.07) is -2.51. The van der Waals surface area contributed by atoms with Crippen LogP contribution in [-0.4, -0.2) is 59.4 Å². The van der Waals surface area contributed by atoms with Crippen molar-refractivity contribution < 1.29 is 19.5 Å². The minimum Gasteiger partial charge on any atom is -0.480 e. The van der Waals surface area contributed by atoms with Crippen LogP contribution < -0.4 is 21.7 Å². The number of hydrogen-bond donors (Lipinski definition) is 6. The number of rotatable bonds is 14. The molecule has 0 fully saturated rings. The predicted octanol–water partition coefficient (Wildman–Crippen LogP) is 1.00. The number of hydrogen-bond acceptors (Lipinski definition) is 6. The molecule has 0 bridgehead atoms. The van der Waals surface area contributed by atoms with Gasteiger partial charge in [-0.1, -0.05) is 48.0 Å². The summed E-state index contributed by atoms with van der Waals surface area (Å²) in [7, 11) is 0. The molecule has 0 aromatic rings. The normalized spacial score (nSPS) is 16.8. The molecular weight excluding hydrogens is 392 g/mol. The van der Waals surface area contributed by atoms with E-state index in [9.17, 15) is 19.5 Å². The van der Waals surface area contributed by atoms with Crippen LogP contribution in [0.2, 0.25) is 0 Å². The van der Waals surface area contributed by atoms with Crippen molar-refractivity contribution in [1.82, 2.24) is 16.0 Å². The second-order valence-corrected chi connectivity index (χ2v) is 8.84. The van der Waals surface area contributed by atoms with E-state index < -0.39 is 30.0 Å². The van der Waals surface area contributed by atoms with E-state index in [1.165, 1.54) is 0 Å². The summed E-state index contributed by atoms with van der Waals surface area (Å²) in [5.74, 6) is -1.43. The number of carboxylic acid groups (broad SMARTS) is 1. The zero-order valence-electron chi connectivity index (χ0n) is 18.6. The van der Waals surface area contributed by atoms with Crippen LogP contribution in [-0.2, 0) is 14.4 Å². The Morgan fingerprint density at radius 2 is 1.55 bits per heavy atom. The SMILES string of the molecule is CCC(C)C(NC(=O)C(NCC(N)CS)C(C)C)C(=O)NC(CC(C)C)C(=O)O. The zero-order chi connectivity index (χ0) is 22.7. The molecule has 8 nitrogen and oxygen atoms in total. The highest BCUT2D eigenvalue weighted by atomic mass is 32.1. The van der Waals surface area contributed by atoms with Crippen LogP contribution in [0.1, 0.15) is 54.4 Å². The molecule has 5 unspecified atom stereocenters. The van der Waals surface area contributed by atoms with Crippen molar-refractivity contribution in [3.05, 3.63) is 0 Å². The van der Waals surface area contributed by atoms with Crippen molar-refractivity contribution in [1.29, 1.82) is 0 Å². The summed E-state index contributed by atoms with van der Waals surface area (Å²) < 4.78 is 0. The maximum Gasteiger partial charge on any atom is 0.326 e. The zero-order valence-corrected chi connectivity index (χ0v) is 19.5. The Kier molecular flexibility index (Phi) is 13.2. The fourth-order valence-corrected chi connectivity index (χ4v) is 3.00. The van der Waals surface area contributed by atoms with Crippen LogP contribution in [0.15, 0.2) is 0 Å². The first-order valence-corrected chi connectivity index (χ1v) is 11.0. The summed E-state index contributed by atoms with van der Waals surface area (Å²) in [6.45, 7) is 11.8. The largest absolute Gasteiger partial charge is 0.480 e. The number of amides is 2. The molecule has 0 spiro atoms. The smallest absolute Gasteiger partial charge is 0.326 e. The number of thiol groups is 1. The molecular formula is C20H40N4O4S. The van der Waals surface area contributed by atoms with Gasteiger partial charge >= 0.3 is 5.97 Å². The van der Waals surface area contributed by atoms with Crippen molar-refractivity contribution in [2.24, 2.45) is 23.5 Å². The maximum atomic E-state index is 12.9. The number of aliphatic carboxylic acids is 1. The van der Waals surface area contributed by atoms with Gasteiger partial charge in [0.1, 0.15) is 12.1 Å². The van der Waals surface area contributed by atoms with Crippen LogP contribution in [0, 0.1) is 17.8 Å². The number of nitrogens with two attached hydrogens (primary N) is 1. The minimum absolute atomic E-state index is 0.0181. The van der Waals surface area contributed by atoms with E-state index in [0.717, 1.165) is 0 Å². The van der Waals surface area contributed by atoms with Gasteiger partial charge in [0.2, 0.25) is 11.8 Å². The van der Waals surface area contributed by atoms with Gasteiger partial charge in [-0.2, -0.15) is 12.6 Å². The Labute approximate surface area is 180 Å². The maximum absolute atomic E-state index is 12.9. The molecule has 0 aliphatic rings. The van der Waals surface area contributed by atoms with Crippen LogP contribution in [0.5, 0.6) is 0 Å². The molecule has 6 N–H and O–H groups in total. The fraction of sp³-hybridized carbons (Fsp3) is 0.850. The van der Waals surface area contributed by atoms with Gasteiger partial charge in [0.15, 0.2) is 0 Å². The lowest BCUT2D eigenvalue weighted by molar-refractivity contribution is -0.143. The minimum atomic E-state index is -1.08. The van der Waals surface area contributed by atoms with Gasteiger partial charge in [-0.25, -0.2) is 4.79 Å². The molecule has 0 aliphatic heterocycles. The molecule has 29 heavy (non-hydrogen) atoms. The van der Waals surface area contributed by atoms with E-state index in [1.807, 2.05) is 41.5 Å². The standard InChI is InChI=1S/C20H40N4O4S/c1-7-13(6)17(19(26)23-15(20(27)28)8-11(2)3)24-18(25)16(12(4)5)22-9-14(21)10-29/h11-17,22,29H,7-10,21H2,1-6H3,(H,23,26)(H,24,25)(H,27,28). The molecule has 0 saturated carbocycles. The Balaban J connectivity index is 5.31. The van der Waals surface area contributed by atoms with E-state index in [4.69, 9.17) is 5.73 Å². The van der Waals surface area contributed by atoms with Gasteiger partial charge in [-0.3, -0.25) is 9.59 Å². The highest BCUT2D eigenvalue weighted by Gasteiger charge is 2.32. The van der Waals surface area contributed by atoms with Gasteiger partial charge in [-0.05, 0) is 24.2 Å². The van der Waals surface area contributed by atoms with E-state index >= 15 is 0 Å². The topological polar surface area (TPSA) is 134 Å². The Morgan fingerprint density at radius 3 is 1.97 bits per heavy atom. The summed E-state index contributed by atoms with van der Waals surface area (Å²) in [5.41, 5.74) is 5.87. The monoisotopic (exact) mass is 432 g/mol. The van der Waals surface area contributed by atoms with Crippen LogP contribution in [0.25, 0.3) is 0 Å². The Morgan fingerprint density at radius 1 is 1.00 bits per heavy atom. The fourth-order valence-electron chi connectivity index (χ4n) is 2.87. The van der Waals surface area contributed by atoms with Gasteiger partial charge in [0.25, 0.3) is 0 Å². The lowest BCUT2D eigenvalue weighted by atomic mass is 9.95.